The maximum atomic E-state index is 5.58. The van der Waals surface area contributed by atoms with Gasteiger partial charge in [0.15, 0.2) is 0 Å². The molecule has 0 N–H and O–H groups in total. The Balaban J connectivity index is 2.12. The van der Waals surface area contributed by atoms with Gasteiger partial charge in [-0.25, -0.2) is 0 Å². The first-order valence-electron chi connectivity index (χ1n) is 5.27. The predicted octanol–water partition coefficient (Wildman–Crippen LogP) is 3.44. The highest BCUT2D eigenvalue weighted by Gasteiger charge is 1.95. The standard InChI is InChI=1S/C12H17ClO2S/c1-14-11-3-5-12(6-4-11)15-8-10-16-9-2-7-13/h3-6H,2,7-10H2,1H3. The minimum Gasteiger partial charge on any atom is -0.497 e. The van der Waals surface area contributed by atoms with Crippen LogP contribution in [0, 0.1) is 0 Å². The van der Waals surface area contributed by atoms with Crippen LogP contribution in [0.4, 0.5) is 0 Å². The van der Waals surface area contributed by atoms with Crippen molar-refractivity contribution in [3.05, 3.63) is 24.3 Å². The molecule has 0 bridgehead atoms. The van der Waals surface area contributed by atoms with E-state index in [0.29, 0.717) is 0 Å². The molecule has 0 aliphatic carbocycles. The molecule has 0 heterocycles. The Morgan fingerprint density at radius 2 is 1.81 bits per heavy atom. The number of methoxy groups -OCH3 is 1. The lowest BCUT2D eigenvalue weighted by atomic mass is 10.3. The average molecular weight is 261 g/mol. The number of benzene rings is 1. The molecule has 0 amide bonds. The van der Waals surface area contributed by atoms with Crippen LogP contribution in [0.25, 0.3) is 0 Å². The van der Waals surface area contributed by atoms with Crippen molar-refractivity contribution in [1.29, 1.82) is 0 Å². The van der Waals surface area contributed by atoms with Gasteiger partial charge in [-0.3, -0.25) is 0 Å². The monoisotopic (exact) mass is 260 g/mol. The first-order chi connectivity index (χ1) is 7.86. The summed E-state index contributed by atoms with van der Waals surface area (Å²) in [7, 11) is 1.66. The van der Waals surface area contributed by atoms with Gasteiger partial charge in [-0.05, 0) is 36.4 Å². The average Bonchev–Trinajstić information content (AvgIpc) is 2.34. The molecule has 16 heavy (non-hydrogen) atoms. The molecule has 0 aliphatic rings. The number of halogens is 1. The van der Waals surface area contributed by atoms with E-state index in [1.807, 2.05) is 36.0 Å². The lowest BCUT2D eigenvalue weighted by Gasteiger charge is -2.06. The summed E-state index contributed by atoms with van der Waals surface area (Å²) in [5, 5.41) is 0. The van der Waals surface area contributed by atoms with E-state index in [0.717, 1.165) is 41.9 Å². The molecule has 0 unspecified atom stereocenters. The second-order valence-electron chi connectivity index (χ2n) is 3.18. The Kier molecular flexibility index (Phi) is 7.26. The lowest BCUT2D eigenvalue weighted by molar-refractivity contribution is 0.342. The summed E-state index contributed by atoms with van der Waals surface area (Å²) in [6.45, 7) is 0.735. The van der Waals surface area contributed by atoms with Crippen molar-refractivity contribution < 1.29 is 9.47 Å². The smallest absolute Gasteiger partial charge is 0.119 e. The van der Waals surface area contributed by atoms with Crippen LogP contribution < -0.4 is 9.47 Å². The van der Waals surface area contributed by atoms with Crippen molar-refractivity contribution in [3.63, 3.8) is 0 Å². The topological polar surface area (TPSA) is 18.5 Å². The SMILES string of the molecule is COc1ccc(OCCSCCCCl)cc1. The van der Waals surface area contributed by atoms with E-state index < -0.39 is 0 Å². The molecule has 0 aromatic heterocycles. The molecule has 1 aromatic carbocycles. The number of ether oxygens (including phenoxy) is 2. The van der Waals surface area contributed by atoms with E-state index in [-0.39, 0.29) is 0 Å². The van der Waals surface area contributed by atoms with Crippen LogP contribution in [0.2, 0.25) is 0 Å². The van der Waals surface area contributed by atoms with Crippen LogP contribution in [-0.2, 0) is 0 Å². The third-order valence-corrected chi connectivity index (χ3v) is 3.28. The minimum atomic E-state index is 0.735. The van der Waals surface area contributed by atoms with Gasteiger partial charge in [0, 0.05) is 11.6 Å². The van der Waals surface area contributed by atoms with Gasteiger partial charge in [0.25, 0.3) is 0 Å². The number of rotatable bonds is 8. The van der Waals surface area contributed by atoms with Gasteiger partial charge in [0.2, 0.25) is 0 Å². The fourth-order valence-corrected chi connectivity index (χ4v) is 2.19. The van der Waals surface area contributed by atoms with Crippen LogP contribution in [0.1, 0.15) is 6.42 Å². The second kappa shape index (κ2) is 8.59. The Hall–Kier alpha value is -0.540. The second-order valence-corrected chi connectivity index (χ2v) is 4.78. The number of hydrogen-bond donors (Lipinski definition) is 0. The fraction of sp³-hybridized carbons (Fsp3) is 0.500. The molecule has 4 heteroatoms. The first-order valence-corrected chi connectivity index (χ1v) is 6.96. The quantitative estimate of drug-likeness (QED) is 0.527. The summed E-state index contributed by atoms with van der Waals surface area (Å²) >= 11 is 7.45. The molecule has 1 aromatic rings. The van der Waals surface area contributed by atoms with Crippen molar-refractivity contribution in [3.8, 4) is 11.5 Å². The normalized spacial score (nSPS) is 10.1. The van der Waals surface area contributed by atoms with Gasteiger partial charge >= 0.3 is 0 Å². The van der Waals surface area contributed by atoms with Crippen molar-refractivity contribution >= 4 is 23.4 Å². The fourth-order valence-electron chi connectivity index (χ4n) is 1.15. The Labute approximate surface area is 106 Å². The van der Waals surface area contributed by atoms with Crippen LogP contribution in [0.5, 0.6) is 11.5 Å². The van der Waals surface area contributed by atoms with Crippen LogP contribution in [-0.4, -0.2) is 31.1 Å². The molecule has 90 valence electrons. The third-order valence-electron chi connectivity index (χ3n) is 1.98. The van der Waals surface area contributed by atoms with E-state index in [1.54, 1.807) is 7.11 Å². The van der Waals surface area contributed by atoms with E-state index in [2.05, 4.69) is 0 Å². The van der Waals surface area contributed by atoms with Gasteiger partial charge in [0.05, 0.1) is 13.7 Å². The summed E-state index contributed by atoms with van der Waals surface area (Å²) in [5.74, 6) is 4.59. The summed E-state index contributed by atoms with van der Waals surface area (Å²) in [6.07, 6.45) is 1.06. The Morgan fingerprint density at radius 1 is 1.12 bits per heavy atom. The third kappa shape index (κ3) is 5.52. The molecule has 0 radical (unpaired) electrons. The van der Waals surface area contributed by atoms with Gasteiger partial charge in [-0.15, -0.1) is 11.6 Å². The summed E-state index contributed by atoms with van der Waals surface area (Å²) < 4.78 is 10.6. The molecule has 0 aliphatic heterocycles. The Morgan fingerprint density at radius 3 is 2.44 bits per heavy atom. The van der Waals surface area contributed by atoms with E-state index in [9.17, 15) is 0 Å². The lowest BCUT2D eigenvalue weighted by Crippen LogP contribution is -2.00. The van der Waals surface area contributed by atoms with Gasteiger partial charge in [-0.2, -0.15) is 11.8 Å². The van der Waals surface area contributed by atoms with E-state index in [4.69, 9.17) is 21.1 Å². The van der Waals surface area contributed by atoms with Crippen molar-refractivity contribution in [2.24, 2.45) is 0 Å². The minimum absolute atomic E-state index is 0.735. The summed E-state index contributed by atoms with van der Waals surface area (Å²) in [5.41, 5.74) is 0. The van der Waals surface area contributed by atoms with E-state index in [1.165, 1.54) is 0 Å². The number of hydrogen-bond acceptors (Lipinski definition) is 3. The van der Waals surface area contributed by atoms with Crippen molar-refractivity contribution in [2.75, 3.05) is 31.1 Å². The molecular weight excluding hydrogens is 244 g/mol. The molecule has 0 saturated carbocycles. The maximum absolute atomic E-state index is 5.58. The van der Waals surface area contributed by atoms with Crippen molar-refractivity contribution in [2.45, 2.75) is 6.42 Å². The zero-order valence-corrected chi connectivity index (χ0v) is 11.0. The van der Waals surface area contributed by atoms with Crippen LogP contribution in [0.15, 0.2) is 24.3 Å². The first kappa shape index (κ1) is 13.5. The molecule has 0 fully saturated rings. The largest absolute Gasteiger partial charge is 0.497 e. The molecule has 1 rings (SSSR count). The highest BCUT2D eigenvalue weighted by Crippen LogP contribution is 2.17. The van der Waals surface area contributed by atoms with Crippen LogP contribution >= 0.6 is 23.4 Å². The zero-order chi connectivity index (χ0) is 11.6. The Bertz CT molecular complexity index is 277. The predicted molar refractivity (Wildman–Crippen MR) is 71.2 cm³/mol. The molecule has 2 nitrogen and oxygen atoms in total. The summed E-state index contributed by atoms with van der Waals surface area (Å²) in [4.78, 5) is 0. The highest BCUT2D eigenvalue weighted by molar-refractivity contribution is 7.99. The van der Waals surface area contributed by atoms with E-state index >= 15 is 0 Å². The molecule has 0 atom stereocenters. The maximum Gasteiger partial charge on any atom is 0.119 e. The van der Waals surface area contributed by atoms with Gasteiger partial charge in [-0.1, -0.05) is 0 Å². The van der Waals surface area contributed by atoms with Crippen LogP contribution in [0.3, 0.4) is 0 Å². The molecular formula is C12H17ClO2S. The van der Waals surface area contributed by atoms with Gasteiger partial charge in [0.1, 0.15) is 11.5 Å². The molecule has 0 spiro atoms. The van der Waals surface area contributed by atoms with Gasteiger partial charge < -0.3 is 9.47 Å². The van der Waals surface area contributed by atoms with Crippen molar-refractivity contribution in [1.82, 2.24) is 0 Å². The summed E-state index contributed by atoms with van der Waals surface area (Å²) in [6, 6.07) is 7.64. The number of alkyl halides is 1. The zero-order valence-electron chi connectivity index (χ0n) is 9.45. The molecule has 0 saturated heterocycles. The number of thioether (sulfide) groups is 1. The highest BCUT2D eigenvalue weighted by atomic mass is 35.5.